The van der Waals surface area contributed by atoms with E-state index in [1.54, 1.807) is 24.3 Å². The Kier molecular flexibility index (Phi) is 3.80. The Morgan fingerprint density at radius 2 is 1.86 bits per heavy atom. The lowest BCUT2D eigenvalue weighted by Crippen LogP contribution is -2.29. The largest absolute Gasteiger partial charge is 0.316 e. The lowest BCUT2D eigenvalue weighted by atomic mass is 10.4. The molecule has 0 unspecified atom stereocenters. The van der Waals surface area contributed by atoms with Gasteiger partial charge in [0.1, 0.15) is 0 Å². The molecule has 5 heteroatoms. The van der Waals surface area contributed by atoms with E-state index >= 15 is 0 Å². The van der Waals surface area contributed by atoms with Crippen LogP contribution in [0.15, 0.2) is 29.2 Å². The van der Waals surface area contributed by atoms with Gasteiger partial charge in [-0.05, 0) is 18.2 Å². The van der Waals surface area contributed by atoms with Crippen molar-refractivity contribution < 1.29 is 17.6 Å². The summed E-state index contributed by atoms with van der Waals surface area (Å²) < 4.78 is 48.4. The lowest BCUT2D eigenvalue weighted by molar-refractivity contribution is -0.109. The average molecular weight is 223 g/mol. The lowest BCUT2D eigenvalue weighted by Gasteiger charge is -2.14. The maximum atomic E-state index is 12.5. The normalized spacial score (nSPS) is 12.1. The quantitative estimate of drug-likeness (QED) is 0.556. The molecule has 0 atom stereocenters. The molecular weight excluding hydrogens is 216 g/mol. The fraction of sp³-hybridized carbons (Fsp3) is 0.333. The standard InChI is InChI=1S/C9H7F4S/c10-8(11)9(12,13)6-14-7-4-2-1-3-5-7/h2-5,8H,6H2. The minimum atomic E-state index is -3.93. The molecule has 0 heterocycles. The molecule has 77 valence electrons. The first-order valence-corrected chi connectivity index (χ1v) is 4.76. The highest BCUT2D eigenvalue weighted by Gasteiger charge is 2.40. The average Bonchev–Trinajstić information content (AvgIpc) is 2.16. The minimum absolute atomic E-state index is 0.532. The van der Waals surface area contributed by atoms with Gasteiger partial charge in [-0.15, -0.1) is 11.8 Å². The van der Waals surface area contributed by atoms with Gasteiger partial charge in [-0.25, -0.2) is 8.78 Å². The predicted octanol–water partition coefficient (Wildman–Crippen LogP) is 3.48. The SMILES string of the molecule is FC(F)C(F)(F)CSc1cc[c]cc1. The number of hydrogen-bond donors (Lipinski definition) is 0. The maximum absolute atomic E-state index is 12.5. The van der Waals surface area contributed by atoms with Crippen molar-refractivity contribution in [2.24, 2.45) is 0 Å². The third-order valence-corrected chi connectivity index (χ3v) is 2.57. The summed E-state index contributed by atoms with van der Waals surface area (Å²) in [4.78, 5) is 0.532. The van der Waals surface area contributed by atoms with Gasteiger partial charge in [0.05, 0.1) is 5.75 Å². The van der Waals surface area contributed by atoms with Crippen molar-refractivity contribution in [3.63, 3.8) is 0 Å². The zero-order valence-electron chi connectivity index (χ0n) is 7.01. The van der Waals surface area contributed by atoms with Crippen molar-refractivity contribution in [2.75, 3.05) is 5.75 Å². The molecule has 14 heavy (non-hydrogen) atoms. The molecule has 0 amide bonds. The Morgan fingerprint density at radius 1 is 1.29 bits per heavy atom. The number of thioether (sulfide) groups is 1. The summed E-state index contributed by atoms with van der Waals surface area (Å²) in [5, 5.41) is 0. The zero-order chi connectivity index (χ0) is 10.6. The fourth-order valence-electron chi connectivity index (χ4n) is 0.710. The highest BCUT2D eigenvalue weighted by atomic mass is 32.2. The summed E-state index contributed by atoms with van der Waals surface area (Å²) in [7, 11) is 0. The molecule has 0 spiro atoms. The number of benzene rings is 1. The predicted molar refractivity (Wildman–Crippen MR) is 47.0 cm³/mol. The molecule has 0 aromatic heterocycles. The van der Waals surface area contributed by atoms with Crippen molar-refractivity contribution in [2.45, 2.75) is 17.2 Å². The van der Waals surface area contributed by atoms with Crippen molar-refractivity contribution >= 4 is 11.8 Å². The van der Waals surface area contributed by atoms with Gasteiger partial charge in [-0.2, -0.15) is 8.78 Å². The monoisotopic (exact) mass is 223 g/mol. The van der Waals surface area contributed by atoms with Crippen LogP contribution in [0.25, 0.3) is 0 Å². The van der Waals surface area contributed by atoms with Crippen LogP contribution < -0.4 is 0 Å². The highest BCUT2D eigenvalue weighted by Crippen LogP contribution is 2.30. The summed E-state index contributed by atoms with van der Waals surface area (Å²) in [5.41, 5.74) is 0. The molecule has 0 bridgehead atoms. The molecule has 0 N–H and O–H groups in total. The van der Waals surface area contributed by atoms with Gasteiger partial charge in [-0.3, -0.25) is 0 Å². The van der Waals surface area contributed by atoms with E-state index < -0.39 is 18.1 Å². The molecule has 1 rings (SSSR count). The second kappa shape index (κ2) is 4.68. The summed E-state index contributed by atoms with van der Waals surface area (Å²) in [6.07, 6.45) is -3.61. The number of hydrogen-bond acceptors (Lipinski definition) is 1. The second-order valence-electron chi connectivity index (χ2n) is 2.59. The summed E-state index contributed by atoms with van der Waals surface area (Å²) in [5.74, 6) is -4.83. The van der Waals surface area contributed by atoms with E-state index in [1.165, 1.54) is 0 Å². The molecule has 0 fully saturated rings. The van der Waals surface area contributed by atoms with Gasteiger partial charge in [0, 0.05) is 4.90 Å². The van der Waals surface area contributed by atoms with Gasteiger partial charge >= 0.3 is 12.3 Å². The molecule has 1 radical (unpaired) electrons. The zero-order valence-corrected chi connectivity index (χ0v) is 7.83. The van der Waals surface area contributed by atoms with E-state index in [0.717, 1.165) is 0 Å². The first-order valence-electron chi connectivity index (χ1n) is 3.77. The van der Waals surface area contributed by atoms with Crippen LogP contribution in [0, 0.1) is 6.07 Å². The Labute approximate surface area is 83.3 Å². The molecule has 0 nitrogen and oxygen atoms in total. The van der Waals surface area contributed by atoms with Gasteiger partial charge in [-0.1, -0.05) is 12.1 Å². The van der Waals surface area contributed by atoms with Crippen LogP contribution in [0.5, 0.6) is 0 Å². The smallest absolute Gasteiger partial charge is 0.204 e. The Bertz CT molecular complexity index is 273. The van der Waals surface area contributed by atoms with Gasteiger partial charge in [0.15, 0.2) is 0 Å². The van der Waals surface area contributed by atoms with Crippen molar-refractivity contribution in [1.29, 1.82) is 0 Å². The van der Waals surface area contributed by atoms with Gasteiger partial charge in [0.25, 0.3) is 0 Å². The van der Waals surface area contributed by atoms with E-state index in [9.17, 15) is 17.6 Å². The molecule has 0 aliphatic rings. The van der Waals surface area contributed by atoms with E-state index in [0.29, 0.717) is 16.7 Å². The van der Waals surface area contributed by atoms with Crippen molar-refractivity contribution in [3.8, 4) is 0 Å². The maximum Gasteiger partial charge on any atom is 0.316 e. The second-order valence-corrected chi connectivity index (χ2v) is 3.63. The molecule has 1 aromatic rings. The summed E-state index contributed by atoms with van der Waals surface area (Å²) in [6.45, 7) is 0. The fourth-order valence-corrected chi connectivity index (χ4v) is 1.52. The van der Waals surface area contributed by atoms with E-state index in [2.05, 4.69) is 6.07 Å². The first-order chi connectivity index (χ1) is 6.52. The molecule has 0 saturated heterocycles. The van der Waals surface area contributed by atoms with Crippen LogP contribution in [0.3, 0.4) is 0 Å². The first kappa shape index (κ1) is 11.4. The topological polar surface area (TPSA) is 0 Å². The van der Waals surface area contributed by atoms with Crippen LogP contribution in [0.4, 0.5) is 17.6 Å². The number of halogens is 4. The number of rotatable bonds is 4. The summed E-state index contributed by atoms with van der Waals surface area (Å²) in [6, 6.07) is 8.89. The molecule has 0 saturated carbocycles. The van der Waals surface area contributed by atoms with Crippen molar-refractivity contribution in [3.05, 3.63) is 30.3 Å². The van der Waals surface area contributed by atoms with Crippen LogP contribution in [-0.4, -0.2) is 18.1 Å². The Morgan fingerprint density at radius 3 is 2.36 bits per heavy atom. The van der Waals surface area contributed by atoms with Crippen LogP contribution in [-0.2, 0) is 0 Å². The van der Waals surface area contributed by atoms with Crippen LogP contribution in [0.2, 0.25) is 0 Å². The highest BCUT2D eigenvalue weighted by molar-refractivity contribution is 7.99. The summed E-state index contributed by atoms with van der Waals surface area (Å²) >= 11 is 0.706. The van der Waals surface area contributed by atoms with Gasteiger partial charge in [0.2, 0.25) is 0 Å². The Balaban J connectivity index is 2.49. The van der Waals surface area contributed by atoms with E-state index in [1.807, 2.05) is 0 Å². The molecule has 1 aromatic carbocycles. The molecular formula is C9H7F4S. The molecule has 0 aliphatic heterocycles. The van der Waals surface area contributed by atoms with Gasteiger partial charge < -0.3 is 0 Å². The van der Waals surface area contributed by atoms with Crippen molar-refractivity contribution in [1.82, 2.24) is 0 Å². The van der Waals surface area contributed by atoms with Crippen LogP contribution >= 0.6 is 11.8 Å². The van der Waals surface area contributed by atoms with E-state index in [4.69, 9.17) is 0 Å². The van der Waals surface area contributed by atoms with Crippen LogP contribution in [0.1, 0.15) is 0 Å². The minimum Gasteiger partial charge on any atom is -0.204 e. The third kappa shape index (κ3) is 3.21. The third-order valence-electron chi connectivity index (χ3n) is 1.44. The number of alkyl halides is 4. The molecule has 0 aliphatic carbocycles. The van der Waals surface area contributed by atoms with E-state index in [-0.39, 0.29) is 0 Å². The Hall–Kier alpha value is -0.710.